The van der Waals surface area contributed by atoms with Crippen LogP contribution < -0.4 is 5.32 Å². The van der Waals surface area contributed by atoms with Crippen molar-refractivity contribution in [1.82, 2.24) is 5.32 Å². The van der Waals surface area contributed by atoms with Crippen LogP contribution in [0, 0.1) is 17.8 Å². The zero-order valence-electron chi connectivity index (χ0n) is 18.3. The van der Waals surface area contributed by atoms with Gasteiger partial charge in [0.25, 0.3) is 0 Å². The lowest BCUT2D eigenvalue weighted by molar-refractivity contribution is -0.138. The van der Waals surface area contributed by atoms with Crippen molar-refractivity contribution in [2.75, 3.05) is 66.0 Å². The molecule has 2 aliphatic carbocycles. The molecule has 9 nitrogen and oxygen atoms in total. The summed E-state index contributed by atoms with van der Waals surface area (Å²) in [7, 11) is 0. The number of hydrogen-bond donors (Lipinski definition) is 2. The number of hydrogen-bond acceptors (Lipinski definition) is 7. The quantitative estimate of drug-likeness (QED) is 0.260. The third kappa shape index (κ3) is 12.1. The lowest BCUT2D eigenvalue weighted by Crippen LogP contribution is -2.29. The first-order valence-electron chi connectivity index (χ1n) is 11.3. The molecule has 0 radical (unpaired) electrons. The van der Waals surface area contributed by atoms with Crippen LogP contribution in [0.2, 0.25) is 0 Å². The topological polar surface area (TPSA) is 113 Å². The van der Waals surface area contributed by atoms with Gasteiger partial charge in [-0.3, -0.25) is 4.79 Å². The molecule has 1 unspecified atom stereocenters. The molecule has 2 N–H and O–H groups in total. The van der Waals surface area contributed by atoms with Crippen molar-refractivity contribution in [3.05, 3.63) is 12.2 Å². The van der Waals surface area contributed by atoms with Gasteiger partial charge in [-0.1, -0.05) is 12.2 Å². The summed E-state index contributed by atoms with van der Waals surface area (Å²) in [5.74, 6) is 1.11. The van der Waals surface area contributed by atoms with Crippen LogP contribution >= 0.6 is 0 Å². The molecule has 0 spiro atoms. The second-order valence-corrected chi connectivity index (χ2v) is 7.74. The Kier molecular flexibility index (Phi) is 13.2. The van der Waals surface area contributed by atoms with Crippen LogP contribution in [0.15, 0.2) is 12.2 Å². The third-order valence-electron chi connectivity index (χ3n) is 5.51. The van der Waals surface area contributed by atoms with Gasteiger partial charge in [0.05, 0.1) is 65.9 Å². The van der Waals surface area contributed by atoms with E-state index in [4.69, 9.17) is 28.8 Å². The average Bonchev–Trinajstić information content (AvgIpc) is 3.38. The minimum absolute atomic E-state index is 0.000778. The number of rotatable bonds is 17. The lowest BCUT2D eigenvalue weighted by Gasteiger charge is -2.08. The molecular weight excluding hydrogens is 406 g/mol. The fraction of sp³-hybridized carbons (Fsp3) is 0.818. The van der Waals surface area contributed by atoms with Gasteiger partial charge in [-0.05, 0) is 43.4 Å². The zero-order valence-corrected chi connectivity index (χ0v) is 18.3. The van der Waals surface area contributed by atoms with Gasteiger partial charge in [-0.25, -0.2) is 4.79 Å². The number of ether oxygens (including phenoxy) is 5. The summed E-state index contributed by atoms with van der Waals surface area (Å²) in [6.45, 7) is 4.07. The van der Waals surface area contributed by atoms with Gasteiger partial charge in [0.2, 0.25) is 0 Å². The van der Waals surface area contributed by atoms with Crippen molar-refractivity contribution in [2.24, 2.45) is 17.8 Å². The Morgan fingerprint density at radius 1 is 0.806 bits per heavy atom. The van der Waals surface area contributed by atoms with Gasteiger partial charge in [0, 0.05) is 6.54 Å². The summed E-state index contributed by atoms with van der Waals surface area (Å²) in [4.78, 5) is 22.1. The highest BCUT2D eigenvalue weighted by atomic mass is 16.6. The Labute approximate surface area is 184 Å². The third-order valence-corrected chi connectivity index (χ3v) is 5.51. The second-order valence-electron chi connectivity index (χ2n) is 7.74. The van der Waals surface area contributed by atoms with E-state index in [0.29, 0.717) is 65.3 Å². The van der Waals surface area contributed by atoms with E-state index in [-0.39, 0.29) is 19.1 Å². The summed E-state index contributed by atoms with van der Waals surface area (Å²) < 4.78 is 26.5. The van der Waals surface area contributed by atoms with Crippen LogP contribution in [0.25, 0.3) is 0 Å². The van der Waals surface area contributed by atoms with Gasteiger partial charge in [0.15, 0.2) is 0 Å². The summed E-state index contributed by atoms with van der Waals surface area (Å²) in [6.07, 6.45) is 8.86. The van der Waals surface area contributed by atoms with Crippen molar-refractivity contribution < 1.29 is 38.4 Å². The summed E-state index contributed by atoms with van der Waals surface area (Å²) in [5, 5.41) is 11.2. The molecule has 3 atom stereocenters. The number of carboxylic acid groups (broad SMARTS) is 1. The predicted molar refractivity (Wildman–Crippen MR) is 113 cm³/mol. The van der Waals surface area contributed by atoms with Crippen molar-refractivity contribution >= 4 is 12.1 Å². The molecule has 0 aromatic heterocycles. The first kappa shape index (κ1) is 25.6. The molecule has 0 bridgehead atoms. The molecule has 2 rings (SSSR count). The maximum Gasteiger partial charge on any atom is 0.407 e. The van der Waals surface area contributed by atoms with E-state index in [1.165, 1.54) is 12.8 Å². The monoisotopic (exact) mass is 443 g/mol. The van der Waals surface area contributed by atoms with E-state index in [2.05, 4.69) is 17.5 Å². The molecule has 178 valence electrons. The smallest absolute Gasteiger partial charge is 0.407 e. The number of carboxylic acids is 1. The fourth-order valence-corrected chi connectivity index (χ4v) is 3.81. The van der Waals surface area contributed by atoms with Crippen LogP contribution in [0.5, 0.6) is 0 Å². The molecule has 31 heavy (non-hydrogen) atoms. The number of amides is 1. The summed E-state index contributed by atoms with van der Waals surface area (Å²) in [6, 6.07) is 0. The van der Waals surface area contributed by atoms with E-state index >= 15 is 0 Å². The van der Waals surface area contributed by atoms with Crippen LogP contribution in [0.1, 0.15) is 32.1 Å². The maximum atomic E-state index is 11.8. The van der Waals surface area contributed by atoms with Gasteiger partial charge < -0.3 is 34.1 Å². The highest BCUT2D eigenvalue weighted by molar-refractivity contribution is 5.67. The molecule has 9 heteroatoms. The Balaban J connectivity index is 1.29. The number of allylic oxidation sites excluding steroid dienone is 2. The molecule has 2 aliphatic rings. The maximum absolute atomic E-state index is 11.8. The number of nitrogens with one attached hydrogen (secondary N) is 1. The van der Waals surface area contributed by atoms with Crippen molar-refractivity contribution in [2.45, 2.75) is 32.1 Å². The lowest BCUT2D eigenvalue weighted by atomic mass is 10.1. The van der Waals surface area contributed by atoms with E-state index in [9.17, 15) is 9.59 Å². The minimum Gasteiger partial charge on any atom is -0.481 e. The van der Waals surface area contributed by atoms with Crippen LogP contribution in [0.4, 0.5) is 4.79 Å². The fourth-order valence-electron chi connectivity index (χ4n) is 3.81. The Morgan fingerprint density at radius 3 is 1.87 bits per heavy atom. The van der Waals surface area contributed by atoms with E-state index in [1.54, 1.807) is 0 Å². The highest BCUT2D eigenvalue weighted by Crippen LogP contribution is 2.52. The van der Waals surface area contributed by atoms with Gasteiger partial charge in [0.1, 0.15) is 0 Å². The van der Waals surface area contributed by atoms with Gasteiger partial charge in [-0.2, -0.15) is 0 Å². The first-order chi connectivity index (χ1) is 15.2. The van der Waals surface area contributed by atoms with E-state index in [1.807, 2.05) is 0 Å². The molecule has 1 saturated carbocycles. The van der Waals surface area contributed by atoms with Crippen LogP contribution in [-0.2, 0) is 28.5 Å². The van der Waals surface area contributed by atoms with E-state index in [0.717, 1.165) is 24.7 Å². The summed E-state index contributed by atoms with van der Waals surface area (Å²) in [5.41, 5.74) is 0. The molecule has 1 amide bonds. The summed E-state index contributed by atoms with van der Waals surface area (Å²) >= 11 is 0. The first-order valence-corrected chi connectivity index (χ1v) is 11.3. The molecule has 0 aromatic rings. The normalized spacial score (nSPS) is 23.3. The number of carbonyl (C=O) groups is 2. The van der Waals surface area contributed by atoms with Crippen molar-refractivity contribution in [1.29, 1.82) is 0 Å². The minimum atomic E-state index is -0.873. The SMILES string of the molecule is O=C(O)CCOCCOCCOCCOCCNC(=O)OCC1[C@H]2CC/C=C\CC[C@@H]12. The van der Waals surface area contributed by atoms with Gasteiger partial charge >= 0.3 is 12.1 Å². The molecule has 0 aliphatic heterocycles. The molecular formula is C22H37NO8. The Hall–Kier alpha value is -1.68. The predicted octanol–water partition coefficient (Wildman–Crippen LogP) is 2.25. The Bertz CT molecular complexity index is 526. The van der Waals surface area contributed by atoms with Crippen molar-refractivity contribution in [3.8, 4) is 0 Å². The molecule has 0 saturated heterocycles. The molecule has 0 aromatic carbocycles. The van der Waals surface area contributed by atoms with Crippen molar-refractivity contribution in [3.63, 3.8) is 0 Å². The van der Waals surface area contributed by atoms with E-state index < -0.39 is 5.97 Å². The highest BCUT2D eigenvalue weighted by Gasteiger charge is 2.49. The van der Waals surface area contributed by atoms with Crippen LogP contribution in [0.3, 0.4) is 0 Å². The second kappa shape index (κ2) is 16.0. The number of fused-ring (bicyclic) bond motifs is 1. The molecule has 0 heterocycles. The zero-order chi connectivity index (χ0) is 22.2. The number of aliphatic carboxylic acids is 1. The number of alkyl carbamates (subject to hydrolysis) is 1. The molecule has 1 fully saturated rings. The Morgan fingerprint density at radius 2 is 1.32 bits per heavy atom. The van der Waals surface area contributed by atoms with Crippen LogP contribution in [-0.4, -0.2) is 83.2 Å². The largest absolute Gasteiger partial charge is 0.481 e. The standard InChI is InChI=1S/C22H37NO8/c24-21(25)7-9-27-11-13-29-15-16-30-14-12-28-10-8-23-22(26)31-17-20-18-5-3-1-2-4-6-19(18)20/h1-2,18-20H,3-17H2,(H,23,26)(H,24,25)/b2-1-/t18-,19+,20?. The average molecular weight is 444 g/mol. The number of carbonyl (C=O) groups excluding carboxylic acids is 1. The van der Waals surface area contributed by atoms with Gasteiger partial charge in [-0.15, -0.1) is 0 Å².